The highest BCUT2D eigenvalue weighted by Crippen LogP contribution is 2.46. The lowest BCUT2D eigenvalue weighted by atomic mass is 9.89. The first-order chi connectivity index (χ1) is 11.0. The summed E-state index contributed by atoms with van der Waals surface area (Å²) in [7, 11) is 0. The molecule has 0 fully saturated rings. The number of ether oxygens (including phenoxy) is 1. The van der Waals surface area contributed by atoms with E-state index in [4.69, 9.17) is 9.84 Å². The van der Waals surface area contributed by atoms with Gasteiger partial charge in [-0.1, -0.05) is 69.3 Å². The fourth-order valence-corrected chi connectivity index (χ4v) is 3.41. The summed E-state index contributed by atoms with van der Waals surface area (Å²) in [5.74, 6) is 0.998. The lowest BCUT2D eigenvalue weighted by Crippen LogP contribution is -2.48. The molecule has 2 aliphatic heterocycles. The predicted octanol–water partition coefficient (Wildman–Crippen LogP) is 4.60. The van der Waals surface area contributed by atoms with E-state index in [0.717, 1.165) is 17.9 Å². The number of hydrogen-bond acceptors (Lipinski definition) is 3. The van der Waals surface area contributed by atoms with E-state index < -0.39 is 0 Å². The lowest BCUT2D eigenvalue weighted by Gasteiger charge is -2.44. The molecule has 0 saturated carbocycles. The molecule has 2 aromatic rings. The minimum absolute atomic E-state index is 0.0125. The minimum atomic E-state index is -0.0522. The van der Waals surface area contributed by atoms with Crippen molar-refractivity contribution in [1.29, 1.82) is 0 Å². The largest absolute Gasteiger partial charge is 0.468 e. The normalized spacial score (nSPS) is 22.9. The highest BCUT2D eigenvalue weighted by atomic mass is 16.5. The van der Waals surface area contributed by atoms with Crippen molar-refractivity contribution in [3.63, 3.8) is 0 Å². The Kier molecular flexibility index (Phi) is 3.19. The molecule has 2 heterocycles. The Morgan fingerprint density at radius 1 is 1.00 bits per heavy atom. The summed E-state index contributed by atoms with van der Waals surface area (Å²) >= 11 is 0. The van der Waals surface area contributed by atoms with Crippen LogP contribution < -0.4 is 4.74 Å². The van der Waals surface area contributed by atoms with Crippen LogP contribution in [0.4, 0.5) is 0 Å². The summed E-state index contributed by atoms with van der Waals surface area (Å²) in [6.07, 6.45) is 0.875. The van der Waals surface area contributed by atoms with E-state index in [1.807, 2.05) is 12.1 Å². The van der Waals surface area contributed by atoms with Gasteiger partial charge in [-0.3, -0.25) is 0 Å². The van der Waals surface area contributed by atoms with Crippen molar-refractivity contribution >= 4 is 5.71 Å². The van der Waals surface area contributed by atoms with Crippen LogP contribution in [0.3, 0.4) is 0 Å². The van der Waals surface area contributed by atoms with Gasteiger partial charge in [0, 0.05) is 17.4 Å². The Balaban J connectivity index is 1.78. The molecule has 0 bridgehead atoms. The van der Waals surface area contributed by atoms with Crippen LogP contribution in [0.1, 0.15) is 44.4 Å². The molecule has 0 amide bonds. The molecule has 2 aromatic carbocycles. The van der Waals surface area contributed by atoms with Crippen molar-refractivity contribution < 1.29 is 4.74 Å². The van der Waals surface area contributed by atoms with Gasteiger partial charge >= 0.3 is 0 Å². The SMILES string of the molecule is CC(C)(C)[C@@H]1Oc2ccccc2[C@H]2CC(c3ccccc3)=NN21. The van der Waals surface area contributed by atoms with Crippen molar-refractivity contribution in [3.8, 4) is 5.75 Å². The van der Waals surface area contributed by atoms with Gasteiger partial charge in [-0.05, 0) is 11.6 Å². The molecule has 3 nitrogen and oxygen atoms in total. The van der Waals surface area contributed by atoms with Crippen LogP contribution in [0.15, 0.2) is 59.7 Å². The van der Waals surface area contributed by atoms with Crippen LogP contribution in [0.5, 0.6) is 5.75 Å². The van der Waals surface area contributed by atoms with E-state index in [1.54, 1.807) is 0 Å². The predicted molar refractivity (Wildman–Crippen MR) is 92.5 cm³/mol. The number of hydrogen-bond donors (Lipinski definition) is 0. The molecule has 0 N–H and O–H groups in total. The highest BCUT2D eigenvalue weighted by molar-refractivity contribution is 6.01. The number of para-hydroxylation sites is 1. The van der Waals surface area contributed by atoms with Gasteiger partial charge in [0.2, 0.25) is 0 Å². The summed E-state index contributed by atoms with van der Waals surface area (Å²) in [4.78, 5) is 0. The molecule has 2 atom stereocenters. The van der Waals surface area contributed by atoms with E-state index in [2.05, 4.69) is 68.2 Å². The Morgan fingerprint density at radius 2 is 1.70 bits per heavy atom. The second kappa shape index (κ2) is 5.12. The van der Waals surface area contributed by atoms with Gasteiger partial charge in [0.05, 0.1) is 11.8 Å². The van der Waals surface area contributed by atoms with Crippen molar-refractivity contribution in [1.82, 2.24) is 5.01 Å². The van der Waals surface area contributed by atoms with Gasteiger partial charge in [0.15, 0.2) is 6.23 Å². The number of fused-ring (bicyclic) bond motifs is 3. The molecule has 0 aromatic heterocycles. The zero-order valence-corrected chi connectivity index (χ0v) is 13.9. The molecule has 0 radical (unpaired) electrons. The molecular formula is C20H22N2O. The van der Waals surface area contributed by atoms with E-state index in [9.17, 15) is 0 Å². The first-order valence-corrected chi connectivity index (χ1v) is 8.21. The van der Waals surface area contributed by atoms with Gasteiger partial charge in [0.25, 0.3) is 0 Å². The zero-order valence-electron chi connectivity index (χ0n) is 13.9. The minimum Gasteiger partial charge on any atom is -0.468 e. The number of benzene rings is 2. The highest BCUT2D eigenvalue weighted by Gasteiger charge is 2.44. The van der Waals surface area contributed by atoms with Crippen LogP contribution in [0.2, 0.25) is 0 Å². The molecule has 2 aliphatic rings. The average Bonchev–Trinajstić information content (AvgIpc) is 2.99. The number of hydrazone groups is 1. The van der Waals surface area contributed by atoms with Crippen molar-refractivity contribution in [2.75, 3.05) is 0 Å². The summed E-state index contributed by atoms with van der Waals surface area (Å²) < 4.78 is 6.31. The van der Waals surface area contributed by atoms with Crippen LogP contribution in [-0.4, -0.2) is 16.9 Å². The van der Waals surface area contributed by atoms with Crippen molar-refractivity contribution in [2.24, 2.45) is 10.5 Å². The fourth-order valence-electron chi connectivity index (χ4n) is 3.41. The summed E-state index contributed by atoms with van der Waals surface area (Å²) in [5, 5.41) is 7.12. The topological polar surface area (TPSA) is 24.8 Å². The van der Waals surface area contributed by atoms with Crippen molar-refractivity contribution in [3.05, 3.63) is 65.7 Å². The number of rotatable bonds is 1. The summed E-state index contributed by atoms with van der Waals surface area (Å²) in [6, 6.07) is 19.1. The van der Waals surface area contributed by atoms with Crippen LogP contribution >= 0.6 is 0 Å². The monoisotopic (exact) mass is 306 g/mol. The van der Waals surface area contributed by atoms with Gasteiger partial charge in [-0.15, -0.1) is 0 Å². The van der Waals surface area contributed by atoms with Crippen LogP contribution in [-0.2, 0) is 0 Å². The Morgan fingerprint density at radius 3 is 2.43 bits per heavy atom. The Labute approximate surface area is 137 Å². The van der Waals surface area contributed by atoms with Crippen LogP contribution in [0.25, 0.3) is 0 Å². The van der Waals surface area contributed by atoms with Crippen LogP contribution in [0, 0.1) is 5.41 Å². The molecule has 4 rings (SSSR count). The molecule has 118 valence electrons. The van der Waals surface area contributed by atoms with E-state index >= 15 is 0 Å². The summed E-state index contributed by atoms with van der Waals surface area (Å²) in [6.45, 7) is 6.62. The fraction of sp³-hybridized carbons (Fsp3) is 0.350. The van der Waals surface area contributed by atoms with E-state index in [-0.39, 0.29) is 17.7 Å². The third-order valence-corrected chi connectivity index (χ3v) is 4.55. The second-order valence-electron chi connectivity index (χ2n) is 7.39. The van der Waals surface area contributed by atoms with E-state index in [1.165, 1.54) is 11.1 Å². The maximum Gasteiger partial charge on any atom is 0.192 e. The molecule has 0 saturated heterocycles. The lowest BCUT2D eigenvalue weighted by molar-refractivity contribution is -0.0825. The maximum absolute atomic E-state index is 6.31. The molecule has 23 heavy (non-hydrogen) atoms. The molecular weight excluding hydrogens is 284 g/mol. The molecule has 0 unspecified atom stereocenters. The standard InChI is InChI=1S/C20H22N2O/c1-20(2,3)19-22-17(15-11-7-8-12-18(15)23-19)13-16(21-22)14-9-5-4-6-10-14/h4-12,17,19H,13H2,1-3H3/t17-,19+/m1/s1. The van der Waals surface area contributed by atoms with Gasteiger partial charge in [-0.2, -0.15) is 5.10 Å². The second-order valence-corrected chi connectivity index (χ2v) is 7.39. The number of nitrogens with zero attached hydrogens (tertiary/aromatic N) is 2. The Hall–Kier alpha value is -2.29. The summed E-state index contributed by atoms with van der Waals surface area (Å²) in [5.41, 5.74) is 3.57. The third-order valence-electron chi connectivity index (χ3n) is 4.55. The average molecular weight is 306 g/mol. The maximum atomic E-state index is 6.31. The molecule has 3 heteroatoms. The third kappa shape index (κ3) is 2.40. The van der Waals surface area contributed by atoms with Gasteiger partial charge < -0.3 is 4.74 Å². The smallest absolute Gasteiger partial charge is 0.192 e. The van der Waals surface area contributed by atoms with E-state index in [0.29, 0.717) is 0 Å². The molecule has 0 spiro atoms. The first-order valence-electron chi connectivity index (χ1n) is 8.21. The zero-order chi connectivity index (χ0) is 16.0. The first kappa shape index (κ1) is 14.3. The quantitative estimate of drug-likeness (QED) is 0.769. The molecule has 0 aliphatic carbocycles. The van der Waals surface area contributed by atoms with Gasteiger partial charge in [0.1, 0.15) is 5.75 Å². The van der Waals surface area contributed by atoms with Crippen molar-refractivity contribution in [2.45, 2.75) is 39.5 Å². The Bertz CT molecular complexity index is 746. The van der Waals surface area contributed by atoms with Gasteiger partial charge in [-0.25, -0.2) is 5.01 Å².